The second-order valence-electron chi connectivity index (χ2n) is 16.4. The van der Waals surface area contributed by atoms with E-state index in [-0.39, 0.29) is 0 Å². The topological polar surface area (TPSA) is 42.7 Å². The van der Waals surface area contributed by atoms with Gasteiger partial charge in [0.25, 0.3) is 0 Å². The molecule has 0 bridgehead atoms. The van der Waals surface area contributed by atoms with Crippen molar-refractivity contribution in [2.45, 2.75) is 0 Å². The molecule has 0 aliphatic carbocycles. The van der Waals surface area contributed by atoms with E-state index in [1.54, 1.807) is 0 Å². The Hall–Kier alpha value is -8.60. The van der Waals surface area contributed by atoms with Gasteiger partial charge in [0.15, 0.2) is 0 Å². The van der Waals surface area contributed by atoms with Crippen molar-refractivity contribution in [3.8, 4) is 44.5 Å². The van der Waals surface area contributed by atoms with Gasteiger partial charge < -0.3 is 18.2 Å². The summed E-state index contributed by atoms with van der Waals surface area (Å²) in [6.07, 6.45) is 0. The molecule has 0 saturated carbocycles. The molecule has 3 aromatic heterocycles. The number of benzene rings is 10. The third kappa shape index (κ3) is 5.84. The van der Waals surface area contributed by atoms with Gasteiger partial charge in [-0.3, -0.25) is 0 Å². The molecule has 3 heterocycles. The maximum Gasteiger partial charge on any atom is 0.143 e. The van der Waals surface area contributed by atoms with Crippen LogP contribution in [0.1, 0.15) is 0 Å². The third-order valence-electron chi connectivity index (χ3n) is 12.7. The average Bonchev–Trinajstić information content (AvgIpc) is 4.06. The largest absolute Gasteiger partial charge is 0.456 e. The summed E-state index contributed by atoms with van der Waals surface area (Å²) < 4.78 is 20.0. The molecule has 0 amide bonds. The summed E-state index contributed by atoms with van der Waals surface area (Å²) in [6.45, 7) is 0. The SMILES string of the molecule is c1ccc(-c2ccc(N(c3ccc(-c4ccccc4)cc3)c3ccc(-c4cc(-c5cccc6c5oc5ccccc56)c5oc6ccc7oc8ccccc8c7c6c5c4)cc3)cc2)cc1. The molecule has 0 radical (unpaired) electrons. The Morgan fingerprint density at radius 3 is 1.30 bits per heavy atom. The highest BCUT2D eigenvalue weighted by molar-refractivity contribution is 6.27. The molecule has 13 aromatic rings. The zero-order valence-corrected chi connectivity index (χ0v) is 34.5. The maximum absolute atomic E-state index is 6.91. The highest BCUT2D eigenvalue weighted by Gasteiger charge is 2.23. The number of hydrogen-bond acceptors (Lipinski definition) is 4. The molecular formula is C60H37NO3. The Morgan fingerprint density at radius 1 is 0.250 bits per heavy atom. The van der Waals surface area contributed by atoms with Crippen LogP contribution in [-0.2, 0) is 0 Å². The Balaban J connectivity index is 0.988. The molecule has 0 fully saturated rings. The van der Waals surface area contributed by atoms with Gasteiger partial charge in [-0.15, -0.1) is 0 Å². The van der Waals surface area contributed by atoms with E-state index in [1.165, 1.54) is 22.3 Å². The van der Waals surface area contributed by atoms with Crippen LogP contribution < -0.4 is 4.90 Å². The second kappa shape index (κ2) is 14.5. The smallest absolute Gasteiger partial charge is 0.143 e. The quantitative estimate of drug-likeness (QED) is 0.161. The van der Waals surface area contributed by atoms with E-state index in [1.807, 2.05) is 36.4 Å². The Bertz CT molecular complexity index is 3780. The summed E-state index contributed by atoms with van der Waals surface area (Å²) in [5, 5.41) is 6.35. The number of hydrogen-bond donors (Lipinski definition) is 0. The Labute approximate surface area is 368 Å². The van der Waals surface area contributed by atoms with Crippen molar-refractivity contribution in [3.63, 3.8) is 0 Å². The van der Waals surface area contributed by atoms with Crippen molar-refractivity contribution in [1.29, 1.82) is 0 Å². The maximum atomic E-state index is 6.91. The van der Waals surface area contributed by atoms with Gasteiger partial charge in [-0.05, 0) is 106 Å². The molecule has 0 atom stereocenters. The molecule has 10 aromatic carbocycles. The normalized spacial score (nSPS) is 11.8. The molecule has 4 heteroatoms. The van der Waals surface area contributed by atoms with Crippen molar-refractivity contribution >= 4 is 82.9 Å². The van der Waals surface area contributed by atoms with Gasteiger partial charge in [-0.2, -0.15) is 0 Å². The molecule has 0 aliphatic rings. The highest BCUT2D eigenvalue weighted by atomic mass is 16.3. The lowest BCUT2D eigenvalue weighted by Crippen LogP contribution is -2.09. The zero-order chi connectivity index (χ0) is 42.1. The molecule has 0 saturated heterocycles. The molecule has 64 heavy (non-hydrogen) atoms. The summed E-state index contributed by atoms with van der Waals surface area (Å²) in [5.74, 6) is 0. The van der Waals surface area contributed by atoms with Crippen LogP contribution in [0.5, 0.6) is 0 Å². The number of nitrogens with zero attached hydrogens (tertiary/aromatic N) is 1. The summed E-state index contributed by atoms with van der Waals surface area (Å²) >= 11 is 0. The summed E-state index contributed by atoms with van der Waals surface area (Å²) in [4.78, 5) is 2.33. The molecule has 0 N–H and O–H groups in total. The van der Waals surface area contributed by atoms with Crippen molar-refractivity contribution in [2.24, 2.45) is 0 Å². The van der Waals surface area contributed by atoms with Crippen LogP contribution in [0.3, 0.4) is 0 Å². The first-order chi connectivity index (χ1) is 31.7. The predicted molar refractivity (Wildman–Crippen MR) is 265 cm³/mol. The fraction of sp³-hybridized carbons (Fsp3) is 0. The van der Waals surface area contributed by atoms with Gasteiger partial charge in [0.1, 0.15) is 33.5 Å². The first-order valence-electron chi connectivity index (χ1n) is 21.6. The van der Waals surface area contributed by atoms with Crippen LogP contribution in [0.15, 0.2) is 238 Å². The van der Waals surface area contributed by atoms with Crippen molar-refractivity contribution < 1.29 is 13.3 Å². The Kier molecular flexibility index (Phi) is 8.18. The average molecular weight is 820 g/mol. The second-order valence-corrected chi connectivity index (χ2v) is 16.4. The lowest BCUT2D eigenvalue weighted by molar-refractivity contribution is 0.662. The fourth-order valence-corrected chi connectivity index (χ4v) is 9.63. The van der Waals surface area contributed by atoms with Gasteiger partial charge in [-0.1, -0.05) is 152 Å². The molecule has 0 aliphatic heterocycles. The van der Waals surface area contributed by atoms with E-state index in [0.29, 0.717) is 0 Å². The number of rotatable bonds is 7. The van der Waals surface area contributed by atoms with E-state index in [0.717, 1.165) is 105 Å². The van der Waals surface area contributed by atoms with Crippen LogP contribution >= 0.6 is 0 Å². The fourth-order valence-electron chi connectivity index (χ4n) is 9.63. The molecular weight excluding hydrogens is 783 g/mol. The lowest BCUT2D eigenvalue weighted by Gasteiger charge is -2.26. The highest BCUT2D eigenvalue weighted by Crippen LogP contribution is 2.47. The number of fused-ring (bicyclic) bond motifs is 10. The van der Waals surface area contributed by atoms with Gasteiger partial charge >= 0.3 is 0 Å². The summed E-state index contributed by atoms with van der Waals surface area (Å²) in [6, 6.07) is 79.1. The van der Waals surface area contributed by atoms with E-state index < -0.39 is 0 Å². The van der Waals surface area contributed by atoms with Crippen LogP contribution in [-0.4, -0.2) is 0 Å². The van der Waals surface area contributed by atoms with Crippen LogP contribution in [0.4, 0.5) is 17.1 Å². The predicted octanol–water partition coefficient (Wildman–Crippen LogP) is 17.5. The van der Waals surface area contributed by atoms with Crippen LogP contribution in [0.25, 0.3) is 110 Å². The summed E-state index contributed by atoms with van der Waals surface area (Å²) in [7, 11) is 0. The summed E-state index contributed by atoms with van der Waals surface area (Å²) in [5.41, 5.74) is 17.0. The van der Waals surface area contributed by atoms with E-state index in [2.05, 4.69) is 193 Å². The number of para-hydroxylation sites is 3. The Morgan fingerprint density at radius 2 is 0.688 bits per heavy atom. The van der Waals surface area contributed by atoms with Crippen molar-refractivity contribution in [1.82, 2.24) is 0 Å². The van der Waals surface area contributed by atoms with Gasteiger partial charge in [-0.25, -0.2) is 0 Å². The van der Waals surface area contributed by atoms with Crippen molar-refractivity contribution in [3.05, 3.63) is 224 Å². The monoisotopic (exact) mass is 819 g/mol. The first kappa shape index (κ1) is 36.1. The first-order valence-corrected chi connectivity index (χ1v) is 21.6. The van der Waals surface area contributed by atoms with Gasteiger partial charge in [0.2, 0.25) is 0 Å². The molecule has 0 spiro atoms. The minimum atomic E-state index is 0.810. The number of furan rings is 3. The van der Waals surface area contributed by atoms with E-state index in [4.69, 9.17) is 13.3 Å². The molecule has 300 valence electrons. The van der Waals surface area contributed by atoms with E-state index >= 15 is 0 Å². The van der Waals surface area contributed by atoms with Gasteiger partial charge in [0, 0.05) is 60.5 Å². The lowest BCUT2D eigenvalue weighted by atomic mass is 9.94. The van der Waals surface area contributed by atoms with Gasteiger partial charge in [0.05, 0.1) is 0 Å². The third-order valence-corrected chi connectivity index (χ3v) is 12.7. The molecule has 0 unspecified atom stereocenters. The minimum Gasteiger partial charge on any atom is -0.456 e. The minimum absolute atomic E-state index is 0.810. The number of anilines is 3. The zero-order valence-electron chi connectivity index (χ0n) is 34.5. The van der Waals surface area contributed by atoms with Crippen LogP contribution in [0, 0.1) is 0 Å². The van der Waals surface area contributed by atoms with E-state index in [9.17, 15) is 0 Å². The molecule has 13 rings (SSSR count). The van der Waals surface area contributed by atoms with Crippen molar-refractivity contribution in [2.75, 3.05) is 4.90 Å². The standard InChI is InChI=1S/C60H37NO3/c1-3-12-38(13-4-1)40-22-28-44(29-23-40)61(45-30-24-41(25-31-45)39-14-5-2-6-15-39)46-32-26-42(27-33-46)43-36-51(49-19-11-18-48-47-16-7-9-20-53(47)63-59(48)49)60-52(37-43)58-56(64-60)35-34-55-57(58)50-17-8-10-21-54(50)62-55/h1-37H. The molecule has 4 nitrogen and oxygen atoms in total. The van der Waals surface area contributed by atoms with Crippen LogP contribution in [0.2, 0.25) is 0 Å².